The summed E-state index contributed by atoms with van der Waals surface area (Å²) in [5.74, 6) is -1.38. The quantitative estimate of drug-likeness (QED) is 0.895. The highest BCUT2D eigenvalue weighted by molar-refractivity contribution is 6.30. The van der Waals surface area contributed by atoms with Gasteiger partial charge in [0.1, 0.15) is 17.3 Å². The first-order valence-corrected chi connectivity index (χ1v) is 6.07. The third-order valence-electron chi connectivity index (χ3n) is 2.69. The van der Waals surface area contributed by atoms with E-state index in [0.29, 0.717) is 10.6 Å². The summed E-state index contributed by atoms with van der Waals surface area (Å²) >= 11 is 5.73. The lowest BCUT2D eigenvalue weighted by Gasteiger charge is -2.14. The number of anilines is 1. The van der Waals surface area contributed by atoms with Gasteiger partial charge in [-0.05, 0) is 29.8 Å². The summed E-state index contributed by atoms with van der Waals surface area (Å²) in [4.78, 5) is 0. The molecule has 0 radical (unpaired) electrons. The maximum atomic E-state index is 13.4. The number of benzene rings is 2. The maximum absolute atomic E-state index is 13.4. The van der Waals surface area contributed by atoms with Crippen LogP contribution < -0.4 is 5.32 Å². The zero-order valence-corrected chi connectivity index (χ0v) is 10.7. The van der Waals surface area contributed by atoms with Crippen molar-refractivity contribution in [3.63, 3.8) is 0 Å². The third kappa shape index (κ3) is 3.43. The van der Waals surface area contributed by atoms with Gasteiger partial charge in [-0.3, -0.25) is 0 Å². The summed E-state index contributed by atoms with van der Waals surface area (Å²) in [6.45, 7) is -0.000510. The Labute approximate surface area is 114 Å². The molecule has 2 aromatic rings. The molecule has 19 heavy (non-hydrogen) atoms. The van der Waals surface area contributed by atoms with E-state index in [9.17, 15) is 13.9 Å². The average molecular weight is 284 g/mol. The fourth-order valence-electron chi connectivity index (χ4n) is 1.67. The number of nitrogens with one attached hydrogen (secondary N) is 1. The zero-order valence-electron chi connectivity index (χ0n) is 9.91. The van der Waals surface area contributed by atoms with Gasteiger partial charge in [-0.25, -0.2) is 8.78 Å². The molecule has 0 heterocycles. The van der Waals surface area contributed by atoms with E-state index in [2.05, 4.69) is 5.32 Å². The molecule has 0 saturated heterocycles. The second-order valence-corrected chi connectivity index (χ2v) is 4.48. The Hall–Kier alpha value is -1.65. The Kier molecular flexibility index (Phi) is 4.35. The molecule has 5 heteroatoms. The Bertz CT molecular complexity index is 540. The predicted molar refractivity (Wildman–Crippen MR) is 71.3 cm³/mol. The molecule has 100 valence electrons. The molecule has 0 saturated carbocycles. The van der Waals surface area contributed by atoms with Crippen molar-refractivity contribution in [2.24, 2.45) is 0 Å². The van der Waals surface area contributed by atoms with E-state index in [1.54, 1.807) is 24.3 Å². The predicted octanol–water partition coefficient (Wildman–Crippen LogP) is 3.76. The van der Waals surface area contributed by atoms with E-state index in [1.807, 2.05) is 0 Å². The van der Waals surface area contributed by atoms with Crippen LogP contribution in [0.1, 0.15) is 11.7 Å². The minimum absolute atomic E-state index is 0.000510. The van der Waals surface area contributed by atoms with Crippen LogP contribution in [0.5, 0.6) is 0 Å². The van der Waals surface area contributed by atoms with Gasteiger partial charge in [0.25, 0.3) is 0 Å². The fourth-order valence-corrected chi connectivity index (χ4v) is 1.79. The lowest BCUT2D eigenvalue weighted by atomic mass is 10.1. The van der Waals surface area contributed by atoms with Gasteiger partial charge in [-0.2, -0.15) is 0 Å². The number of rotatable bonds is 4. The minimum Gasteiger partial charge on any atom is -0.387 e. The summed E-state index contributed by atoms with van der Waals surface area (Å²) in [6, 6.07) is 10.2. The van der Waals surface area contributed by atoms with Crippen LogP contribution in [0.4, 0.5) is 14.5 Å². The number of halogens is 3. The summed E-state index contributed by atoms with van der Waals surface area (Å²) in [7, 11) is 0. The van der Waals surface area contributed by atoms with Crippen molar-refractivity contribution in [2.45, 2.75) is 6.10 Å². The van der Waals surface area contributed by atoms with Gasteiger partial charge in [0, 0.05) is 11.6 Å². The van der Waals surface area contributed by atoms with E-state index in [1.165, 1.54) is 6.07 Å². The minimum atomic E-state index is -0.878. The summed E-state index contributed by atoms with van der Waals surface area (Å²) in [6.07, 6.45) is -0.878. The first kappa shape index (κ1) is 13.8. The summed E-state index contributed by atoms with van der Waals surface area (Å²) in [5, 5.41) is 13.0. The van der Waals surface area contributed by atoms with E-state index in [0.717, 1.165) is 12.1 Å². The average Bonchev–Trinajstić information content (AvgIpc) is 2.38. The van der Waals surface area contributed by atoms with Gasteiger partial charge in [0.15, 0.2) is 0 Å². The first-order valence-electron chi connectivity index (χ1n) is 5.69. The molecule has 1 atom stereocenters. The smallest absolute Gasteiger partial charge is 0.149 e. The van der Waals surface area contributed by atoms with Crippen LogP contribution in [0.25, 0.3) is 0 Å². The highest BCUT2D eigenvalue weighted by Crippen LogP contribution is 2.21. The second kappa shape index (κ2) is 5.99. The van der Waals surface area contributed by atoms with E-state index >= 15 is 0 Å². The van der Waals surface area contributed by atoms with Crippen LogP contribution in [-0.2, 0) is 0 Å². The number of para-hydroxylation sites is 1. The molecular weight excluding hydrogens is 272 g/mol. The largest absolute Gasteiger partial charge is 0.387 e. The van der Waals surface area contributed by atoms with Gasteiger partial charge in [0.2, 0.25) is 0 Å². The first-order chi connectivity index (χ1) is 9.08. The number of aliphatic hydroxyl groups is 1. The monoisotopic (exact) mass is 283 g/mol. The van der Waals surface area contributed by atoms with Gasteiger partial charge in [-0.1, -0.05) is 29.8 Å². The molecule has 0 aromatic heterocycles. The molecule has 0 aliphatic heterocycles. The van der Waals surface area contributed by atoms with Crippen molar-refractivity contribution in [3.05, 3.63) is 64.7 Å². The number of hydrogen-bond donors (Lipinski definition) is 2. The molecule has 2 rings (SSSR count). The van der Waals surface area contributed by atoms with Crippen LogP contribution in [0.3, 0.4) is 0 Å². The molecule has 0 spiro atoms. The Balaban J connectivity index is 2.04. The molecule has 0 fully saturated rings. The highest BCUT2D eigenvalue weighted by Gasteiger charge is 2.11. The molecule has 2 aromatic carbocycles. The van der Waals surface area contributed by atoms with E-state index < -0.39 is 17.7 Å². The van der Waals surface area contributed by atoms with Crippen molar-refractivity contribution in [1.82, 2.24) is 0 Å². The van der Waals surface area contributed by atoms with Gasteiger partial charge in [-0.15, -0.1) is 0 Å². The van der Waals surface area contributed by atoms with Gasteiger partial charge >= 0.3 is 0 Å². The van der Waals surface area contributed by atoms with Crippen LogP contribution in [0.15, 0.2) is 42.5 Å². The van der Waals surface area contributed by atoms with Crippen molar-refractivity contribution < 1.29 is 13.9 Å². The van der Waals surface area contributed by atoms with Crippen molar-refractivity contribution in [2.75, 3.05) is 11.9 Å². The van der Waals surface area contributed by atoms with Crippen molar-refractivity contribution in [3.8, 4) is 0 Å². The molecule has 1 unspecified atom stereocenters. The SMILES string of the molecule is OC(CNc1c(F)cccc1F)c1ccc(Cl)cc1. The van der Waals surface area contributed by atoms with Crippen molar-refractivity contribution >= 4 is 17.3 Å². The summed E-state index contributed by atoms with van der Waals surface area (Å²) in [5.41, 5.74) is 0.379. The molecular formula is C14H12ClF2NO. The molecule has 0 aliphatic carbocycles. The molecule has 0 bridgehead atoms. The zero-order chi connectivity index (χ0) is 13.8. The second-order valence-electron chi connectivity index (χ2n) is 4.04. The van der Waals surface area contributed by atoms with E-state index in [-0.39, 0.29) is 12.2 Å². The lowest BCUT2D eigenvalue weighted by Crippen LogP contribution is -2.13. The Morgan fingerprint density at radius 1 is 1.05 bits per heavy atom. The highest BCUT2D eigenvalue weighted by atomic mass is 35.5. The standard InChI is InChI=1S/C14H12ClF2NO/c15-10-6-4-9(5-7-10)13(19)8-18-14-11(16)2-1-3-12(14)17/h1-7,13,18-19H,8H2. The Morgan fingerprint density at radius 2 is 1.63 bits per heavy atom. The molecule has 0 amide bonds. The number of aliphatic hydroxyl groups excluding tert-OH is 1. The van der Waals surface area contributed by atoms with Gasteiger partial charge < -0.3 is 10.4 Å². The van der Waals surface area contributed by atoms with Crippen LogP contribution in [0.2, 0.25) is 5.02 Å². The molecule has 0 aliphatic rings. The van der Waals surface area contributed by atoms with Crippen LogP contribution in [0, 0.1) is 11.6 Å². The maximum Gasteiger partial charge on any atom is 0.149 e. The molecule has 2 N–H and O–H groups in total. The topological polar surface area (TPSA) is 32.3 Å². The van der Waals surface area contributed by atoms with Crippen LogP contribution in [-0.4, -0.2) is 11.7 Å². The lowest BCUT2D eigenvalue weighted by molar-refractivity contribution is 0.191. The Morgan fingerprint density at radius 3 is 2.21 bits per heavy atom. The fraction of sp³-hybridized carbons (Fsp3) is 0.143. The number of hydrogen-bond acceptors (Lipinski definition) is 2. The van der Waals surface area contributed by atoms with E-state index in [4.69, 9.17) is 11.6 Å². The van der Waals surface area contributed by atoms with Crippen LogP contribution >= 0.6 is 11.6 Å². The third-order valence-corrected chi connectivity index (χ3v) is 2.94. The normalized spacial score (nSPS) is 12.2. The van der Waals surface area contributed by atoms with Crippen molar-refractivity contribution in [1.29, 1.82) is 0 Å². The molecule has 2 nitrogen and oxygen atoms in total. The summed E-state index contributed by atoms with van der Waals surface area (Å²) < 4.78 is 26.7. The van der Waals surface area contributed by atoms with Gasteiger partial charge in [0.05, 0.1) is 6.10 Å².